The smallest absolute Gasteiger partial charge is 0.344 e. The first-order valence-corrected chi connectivity index (χ1v) is 22.1. The number of hydrogen-bond donors (Lipinski definition) is 2. The summed E-state index contributed by atoms with van der Waals surface area (Å²) in [5.41, 5.74) is -4.57. The van der Waals surface area contributed by atoms with Crippen molar-refractivity contribution < 1.29 is 61.5 Å². The van der Waals surface area contributed by atoms with E-state index in [1.54, 1.807) is 0 Å². The number of sulfonamides is 1. The highest BCUT2D eigenvalue weighted by atomic mass is 35.5. The van der Waals surface area contributed by atoms with Crippen molar-refractivity contribution in [1.82, 2.24) is 34.4 Å². The number of carbonyl (C=O) groups is 1. The van der Waals surface area contributed by atoms with Gasteiger partial charge in [0.15, 0.2) is 5.82 Å². The summed E-state index contributed by atoms with van der Waals surface area (Å²) in [7, 11) is -4.14. The molecule has 66 heavy (non-hydrogen) atoms. The number of anilines is 1. The van der Waals surface area contributed by atoms with Crippen LogP contribution >= 0.6 is 11.6 Å². The molecule has 0 saturated heterocycles. The first-order valence-electron chi connectivity index (χ1n) is 20.1. The Morgan fingerprint density at radius 1 is 0.955 bits per heavy atom. The summed E-state index contributed by atoms with van der Waals surface area (Å²) in [6.07, 6.45) is -13.2. The SMILES string of the molecule is O=C(Cn1nc(C(F)F)c2c1C(F)(F)[C@@H]1C[C@H]21)N[C@@H](Cc1cc(F)cc(F)c1)c1nc2cc(CCC(F)(F)F)ccc2c(=O)n1-c1ccc(Cl)c2c(NS(=O)(=O)C3CC3)nn(CC(F)F)c12. The van der Waals surface area contributed by atoms with Gasteiger partial charge in [-0.25, -0.2) is 39.7 Å². The van der Waals surface area contributed by atoms with Crippen molar-refractivity contribution in [2.75, 3.05) is 4.72 Å². The second-order valence-corrected chi connectivity index (χ2v) is 18.8. The second-order valence-electron chi connectivity index (χ2n) is 16.4. The molecular weight excluding hydrogens is 945 g/mol. The van der Waals surface area contributed by atoms with Gasteiger partial charge in [0.2, 0.25) is 15.9 Å². The van der Waals surface area contributed by atoms with Gasteiger partial charge in [-0.05, 0) is 79.1 Å². The van der Waals surface area contributed by atoms with Gasteiger partial charge in [0.05, 0.1) is 43.8 Å². The number of carbonyl (C=O) groups excluding carboxylic acids is 1. The maximum atomic E-state index is 15.5. The third-order valence-corrected chi connectivity index (χ3v) is 13.8. The second kappa shape index (κ2) is 16.2. The standard InChI is InChI=1S/C41H32ClF11N8O4S/c42-25-5-6-28(34-32(25)37(57-59(34)15-29(45)46)58-66(64,65)21-2-3-21)61-38(55-26-11-17(7-8-40(49,50)51)1-4-22(26)39(61)63)27(12-18-9-19(43)13-20(44)10-18)54-30(62)16-60-35-31(33(56-60)36(47)48)23-14-24(23)41(35,52)53/h1,4-6,9-11,13,21,23-24,27,29,36H,2-3,7-8,12,14-16H2,(H,54,62)(H,57,58)/t23-,24+,27-/m0/s1. The van der Waals surface area contributed by atoms with E-state index in [9.17, 15) is 57.5 Å². The monoisotopic (exact) mass is 976 g/mol. The summed E-state index contributed by atoms with van der Waals surface area (Å²) in [6.45, 7) is -2.36. The molecule has 12 nitrogen and oxygen atoms in total. The fraction of sp³-hybridized carbons (Fsp3) is 0.390. The normalized spacial score (nSPS) is 18.3. The van der Waals surface area contributed by atoms with Crippen molar-refractivity contribution in [2.45, 2.75) is 93.8 Å². The van der Waals surface area contributed by atoms with E-state index in [4.69, 9.17) is 11.6 Å². The maximum absolute atomic E-state index is 15.5. The van der Waals surface area contributed by atoms with Gasteiger partial charge in [0.1, 0.15) is 41.9 Å². The quantitative estimate of drug-likeness (QED) is 0.0979. The van der Waals surface area contributed by atoms with Crippen molar-refractivity contribution in [2.24, 2.45) is 5.92 Å². The molecule has 0 bridgehead atoms. The fourth-order valence-electron chi connectivity index (χ4n) is 8.66. The van der Waals surface area contributed by atoms with E-state index < -0.39 is 148 Å². The molecule has 0 radical (unpaired) electrons. The molecule has 3 aliphatic carbocycles. The van der Waals surface area contributed by atoms with Crippen LogP contribution in [0.4, 0.5) is 54.1 Å². The van der Waals surface area contributed by atoms with Gasteiger partial charge in [-0.2, -0.15) is 32.1 Å². The number of amides is 1. The first-order chi connectivity index (χ1) is 31.0. The Morgan fingerprint density at radius 3 is 2.32 bits per heavy atom. The molecule has 0 aliphatic heterocycles. The largest absolute Gasteiger partial charge is 0.389 e. The summed E-state index contributed by atoms with van der Waals surface area (Å²) >= 11 is 6.59. The minimum absolute atomic E-state index is 0.0287. The Bertz CT molecular complexity index is 3110. The summed E-state index contributed by atoms with van der Waals surface area (Å²) in [5, 5.41) is 8.55. The van der Waals surface area contributed by atoms with Crippen molar-refractivity contribution in [3.05, 3.63) is 109 Å². The predicted molar refractivity (Wildman–Crippen MR) is 214 cm³/mol. The van der Waals surface area contributed by atoms with Gasteiger partial charge in [-0.1, -0.05) is 17.7 Å². The zero-order valence-corrected chi connectivity index (χ0v) is 35.1. The molecule has 9 rings (SSSR count). The van der Waals surface area contributed by atoms with Crippen molar-refractivity contribution >= 4 is 55.2 Å². The number of aryl methyl sites for hydroxylation is 1. The lowest BCUT2D eigenvalue weighted by atomic mass is 10.0. The Morgan fingerprint density at radius 2 is 1.67 bits per heavy atom. The van der Waals surface area contributed by atoms with Gasteiger partial charge < -0.3 is 5.32 Å². The molecule has 2 saturated carbocycles. The summed E-state index contributed by atoms with van der Waals surface area (Å²) in [5.74, 6) is -10.4. The van der Waals surface area contributed by atoms with Gasteiger partial charge in [0.25, 0.3) is 24.3 Å². The van der Waals surface area contributed by atoms with E-state index in [0.29, 0.717) is 15.4 Å². The number of fused-ring (bicyclic) bond motifs is 5. The number of hydrogen-bond acceptors (Lipinski definition) is 7. The molecule has 0 spiro atoms. The maximum Gasteiger partial charge on any atom is 0.389 e. The van der Waals surface area contributed by atoms with E-state index >= 15 is 8.78 Å². The Kier molecular flexibility index (Phi) is 11.2. The number of nitrogens with zero attached hydrogens (tertiary/aromatic N) is 6. The highest BCUT2D eigenvalue weighted by Crippen LogP contribution is 2.68. The zero-order valence-electron chi connectivity index (χ0n) is 33.5. The van der Waals surface area contributed by atoms with Crippen LogP contribution in [0.15, 0.2) is 53.3 Å². The number of aromatic nitrogens is 6. The third-order valence-electron chi connectivity index (χ3n) is 11.7. The van der Waals surface area contributed by atoms with Crippen LogP contribution in [-0.2, 0) is 46.7 Å². The van der Waals surface area contributed by atoms with Gasteiger partial charge >= 0.3 is 6.18 Å². The first kappa shape index (κ1) is 45.4. The number of halogens is 12. The molecule has 0 unspecified atom stereocenters. The summed E-state index contributed by atoms with van der Waals surface area (Å²) < 4.78 is 188. The summed E-state index contributed by atoms with van der Waals surface area (Å²) in [4.78, 5) is 33.6. The minimum atomic E-state index is -4.60. The van der Waals surface area contributed by atoms with Crippen LogP contribution in [0.2, 0.25) is 5.02 Å². The number of alkyl halides is 9. The zero-order chi connectivity index (χ0) is 47.4. The molecule has 3 heterocycles. The third kappa shape index (κ3) is 8.45. The number of nitrogens with one attached hydrogen (secondary N) is 2. The van der Waals surface area contributed by atoms with E-state index in [-0.39, 0.29) is 57.4 Å². The Hall–Kier alpha value is -5.78. The average Bonchev–Trinajstić information content (AvgIpc) is 4.14. The van der Waals surface area contributed by atoms with Crippen LogP contribution in [0, 0.1) is 17.6 Å². The highest BCUT2D eigenvalue weighted by molar-refractivity contribution is 7.93. The fourth-order valence-corrected chi connectivity index (χ4v) is 10.2. The molecule has 2 N–H and O–H groups in total. The van der Waals surface area contributed by atoms with E-state index in [1.165, 1.54) is 6.07 Å². The van der Waals surface area contributed by atoms with Crippen molar-refractivity contribution in [3.63, 3.8) is 0 Å². The highest BCUT2D eigenvalue weighted by Gasteiger charge is 2.67. The molecule has 3 atom stereocenters. The molecule has 350 valence electrons. The lowest BCUT2D eigenvalue weighted by Crippen LogP contribution is -2.38. The topological polar surface area (TPSA) is 146 Å². The van der Waals surface area contributed by atoms with Crippen LogP contribution in [0.5, 0.6) is 0 Å². The van der Waals surface area contributed by atoms with E-state index in [0.717, 1.165) is 41.0 Å². The van der Waals surface area contributed by atoms with Gasteiger partial charge in [-0.15, -0.1) is 0 Å². The molecule has 3 aromatic carbocycles. The lowest BCUT2D eigenvalue weighted by molar-refractivity contribution is -0.134. The van der Waals surface area contributed by atoms with Crippen molar-refractivity contribution in [1.29, 1.82) is 0 Å². The molecule has 3 aliphatic rings. The average molecular weight is 977 g/mol. The summed E-state index contributed by atoms with van der Waals surface area (Å²) in [6, 6.07) is 6.14. The van der Waals surface area contributed by atoms with Crippen LogP contribution in [-0.4, -0.2) is 61.3 Å². The molecule has 2 fully saturated rings. The predicted octanol–water partition coefficient (Wildman–Crippen LogP) is 8.77. The van der Waals surface area contributed by atoms with E-state index in [2.05, 4.69) is 25.2 Å². The van der Waals surface area contributed by atoms with Gasteiger partial charge in [-0.3, -0.25) is 28.2 Å². The van der Waals surface area contributed by atoms with E-state index in [1.807, 2.05) is 0 Å². The number of benzene rings is 3. The number of rotatable bonds is 15. The molecular formula is C41H32ClF11N8O4S. The molecule has 6 aromatic rings. The molecule has 25 heteroatoms. The minimum Gasteiger partial charge on any atom is -0.344 e. The lowest BCUT2D eigenvalue weighted by Gasteiger charge is -2.24. The van der Waals surface area contributed by atoms with Crippen LogP contribution in [0.3, 0.4) is 0 Å². The van der Waals surface area contributed by atoms with Crippen LogP contribution in [0.25, 0.3) is 27.5 Å². The van der Waals surface area contributed by atoms with Gasteiger partial charge in [0, 0.05) is 30.4 Å². The van der Waals surface area contributed by atoms with Crippen LogP contribution < -0.4 is 15.6 Å². The Balaban J connectivity index is 1.25. The Labute approximate surface area is 369 Å². The molecule has 3 aromatic heterocycles. The van der Waals surface area contributed by atoms with Crippen molar-refractivity contribution in [3.8, 4) is 5.69 Å². The molecule has 1 amide bonds. The van der Waals surface area contributed by atoms with Crippen LogP contribution in [0.1, 0.15) is 78.0 Å².